The number of methoxy groups -OCH3 is 2. The quantitative estimate of drug-likeness (QED) is 0.661. The van der Waals surface area contributed by atoms with E-state index in [0.717, 1.165) is 0 Å². The van der Waals surface area contributed by atoms with Gasteiger partial charge < -0.3 is 9.47 Å². The lowest BCUT2D eigenvalue weighted by Crippen LogP contribution is -2.27. The van der Waals surface area contributed by atoms with Crippen LogP contribution in [0.3, 0.4) is 0 Å². The number of esters is 2. The van der Waals surface area contributed by atoms with E-state index >= 15 is 0 Å². The Morgan fingerprint density at radius 1 is 0.857 bits per heavy atom. The summed E-state index contributed by atoms with van der Waals surface area (Å²) in [5.41, 5.74) is 0. The molecule has 0 fully saturated rings. The van der Waals surface area contributed by atoms with Gasteiger partial charge in [-0.25, -0.2) is 0 Å². The Morgan fingerprint density at radius 2 is 1.07 bits per heavy atom. The number of ether oxygens (including phenoxy) is 2. The van der Waals surface area contributed by atoms with Crippen LogP contribution in [-0.2, 0) is 19.1 Å². The average Bonchev–Trinajstić information content (AvgIpc) is 2.12. The SMILES string of the molecule is C.C.COC(=O)C(C)C(C)C(=O)OC. The summed E-state index contributed by atoms with van der Waals surface area (Å²) in [4.78, 5) is 21.9. The molecule has 0 bridgehead atoms. The highest BCUT2D eigenvalue weighted by atomic mass is 16.5. The molecule has 0 rings (SSSR count). The van der Waals surface area contributed by atoms with E-state index < -0.39 is 23.8 Å². The summed E-state index contributed by atoms with van der Waals surface area (Å²) in [5.74, 6) is -1.70. The lowest BCUT2D eigenvalue weighted by molar-refractivity contribution is -0.156. The molecule has 0 saturated carbocycles. The molecule has 0 spiro atoms. The van der Waals surface area contributed by atoms with Crippen LogP contribution in [0, 0.1) is 11.8 Å². The van der Waals surface area contributed by atoms with Gasteiger partial charge in [0, 0.05) is 0 Å². The first kappa shape index (κ1) is 18.7. The van der Waals surface area contributed by atoms with Gasteiger partial charge in [-0.15, -0.1) is 0 Å². The van der Waals surface area contributed by atoms with Crippen LogP contribution in [0.1, 0.15) is 28.7 Å². The molecule has 0 N–H and O–H groups in total. The van der Waals surface area contributed by atoms with Crippen molar-refractivity contribution >= 4 is 11.9 Å². The predicted octanol–water partition coefficient (Wildman–Crippen LogP) is 1.88. The van der Waals surface area contributed by atoms with E-state index in [1.54, 1.807) is 13.8 Å². The van der Waals surface area contributed by atoms with Crippen molar-refractivity contribution in [1.82, 2.24) is 0 Å². The zero-order valence-corrected chi connectivity index (χ0v) is 7.79. The van der Waals surface area contributed by atoms with E-state index in [2.05, 4.69) is 9.47 Å². The smallest absolute Gasteiger partial charge is 0.309 e. The maximum atomic E-state index is 10.9. The largest absolute Gasteiger partial charge is 0.469 e. The van der Waals surface area contributed by atoms with Gasteiger partial charge in [0.15, 0.2) is 0 Å². The summed E-state index contributed by atoms with van der Waals surface area (Å²) in [6.45, 7) is 3.26. The normalized spacial score (nSPS) is 12.6. The van der Waals surface area contributed by atoms with Gasteiger partial charge in [0.25, 0.3) is 0 Å². The highest BCUT2D eigenvalue weighted by Gasteiger charge is 2.27. The Kier molecular flexibility index (Phi) is 11.4. The van der Waals surface area contributed by atoms with Gasteiger partial charge in [-0.1, -0.05) is 28.7 Å². The van der Waals surface area contributed by atoms with Crippen LogP contribution in [0.15, 0.2) is 0 Å². The Bertz CT molecular complexity index is 157. The summed E-state index contributed by atoms with van der Waals surface area (Å²) in [6.07, 6.45) is 0. The van der Waals surface area contributed by atoms with Crippen LogP contribution in [0.2, 0.25) is 0 Å². The van der Waals surface area contributed by atoms with Crippen LogP contribution in [0.25, 0.3) is 0 Å². The third-order valence-corrected chi connectivity index (χ3v) is 1.90. The molecule has 4 nitrogen and oxygen atoms in total. The van der Waals surface area contributed by atoms with E-state index in [0.29, 0.717) is 0 Å². The van der Waals surface area contributed by atoms with Gasteiger partial charge in [-0.2, -0.15) is 0 Å². The molecule has 4 heteroatoms. The molecule has 0 aromatic heterocycles. The first-order valence-corrected chi connectivity index (χ1v) is 3.70. The standard InChI is InChI=1S/C8H14O4.2CH4/c1-5(7(9)11-3)6(2)8(10)12-4;;/h5-6H,1-4H3;2*1H4. The van der Waals surface area contributed by atoms with Crippen molar-refractivity contribution in [2.75, 3.05) is 14.2 Å². The van der Waals surface area contributed by atoms with Crippen molar-refractivity contribution in [2.24, 2.45) is 11.8 Å². The Labute approximate surface area is 86.6 Å². The van der Waals surface area contributed by atoms with Crippen molar-refractivity contribution in [2.45, 2.75) is 28.7 Å². The van der Waals surface area contributed by atoms with Gasteiger partial charge in [-0.3, -0.25) is 9.59 Å². The molecule has 2 atom stereocenters. The molecule has 0 saturated heterocycles. The first-order chi connectivity index (χ1) is 5.54. The summed E-state index contributed by atoms with van der Waals surface area (Å²) in [7, 11) is 2.59. The molecule has 0 heterocycles. The predicted molar refractivity (Wildman–Crippen MR) is 55.8 cm³/mol. The highest BCUT2D eigenvalue weighted by Crippen LogP contribution is 2.13. The van der Waals surface area contributed by atoms with Gasteiger partial charge in [0.1, 0.15) is 0 Å². The van der Waals surface area contributed by atoms with Crippen molar-refractivity contribution < 1.29 is 19.1 Å². The number of rotatable bonds is 3. The molecule has 86 valence electrons. The number of carbonyl (C=O) groups excluding carboxylic acids is 2. The summed E-state index contributed by atoms with van der Waals surface area (Å²) in [6, 6.07) is 0. The minimum atomic E-state index is -0.456. The molecule has 0 radical (unpaired) electrons. The minimum absolute atomic E-state index is 0. The van der Waals surface area contributed by atoms with E-state index in [-0.39, 0.29) is 14.9 Å². The molecule has 0 aromatic carbocycles. The van der Waals surface area contributed by atoms with Gasteiger partial charge >= 0.3 is 11.9 Å². The van der Waals surface area contributed by atoms with Gasteiger partial charge in [-0.05, 0) is 0 Å². The van der Waals surface area contributed by atoms with Crippen molar-refractivity contribution in [1.29, 1.82) is 0 Å². The van der Waals surface area contributed by atoms with Crippen LogP contribution in [-0.4, -0.2) is 26.2 Å². The van der Waals surface area contributed by atoms with Crippen LogP contribution in [0.5, 0.6) is 0 Å². The van der Waals surface area contributed by atoms with Crippen molar-refractivity contribution in [3.05, 3.63) is 0 Å². The molecule has 0 aliphatic rings. The van der Waals surface area contributed by atoms with Gasteiger partial charge in [0.05, 0.1) is 26.1 Å². The molecular weight excluding hydrogens is 184 g/mol. The molecule has 0 aromatic rings. The molecule has 14 heavy (non-hydrogen) atoms. The molecule has 0 amide bonds. The third-order valence-electron chi connectivity index (χ3n) is 1.90. The number of carbonyl (C=O) groups is 2. The third kappa shape index (κ3) is 4.84. The van der Waals surface area contributed by atoms with E-state index in [4.69, 9.17) is 0 Å². The number of hydrogen-bond acceptors (Lipinski definition) is 4. The summed E-state index contributed by atoms with van der Waals surface area (Å²) in [5, 5.41) is 0. The second-order valence-electron chi connectivity index (χ2n) is 2.62. The number of hydrogen-bond donors (Lipinski definition) is 0. The van der Waals surface area contributed by atoms with Crippen molar-refractivity contribution in [3.8, 4) is 0 Å². The average molecular weight is 206 g/mol. The molecular formula is C10H22O4. The molecule has 0 aliphatic heterocycles. The lowest BCUT2D eigenvalue weighted by Gasteiger charge is -2.14. The van der Waals surface area contributed by atoms with Crippen molar-refractivity contribution in [3.63, 3.8) is 0 Å². The fourth-order valence-electron chi connectivity index (χ4n) is 0.780. The van der Waals surface area contributed by atoms with Crippen LogP contribution in [0.4, 0.5) is 0 Å². The Hall–Kier alpha value is -1.06. The topological polar surface area (TPSA) is 52.6 Å². The molecule has 2 unspecified atom stereocenters. The van der Waals surface area contributed by atoms with E-state index in [1.807, 2.05) is 0 Å². The lowest BCUT2D eigenvalue weighted by atomic mass is 9.96. The maximum absolute atomic E-state index is 10.9. The van der Waals surface area contributed by atoms with Gasteiger partial charge in [0.2, 0.25) is 0 Å². The first-order valence-electron chi connectivity index (χ1n) is 3.70. The molecule has 0 aliphatic carbocycles. The highest BCUT2D eigenvalue weighted by molar-refractivity contribution is 5.81. The summed E-state index contributed by atoms with van der Waals surface area (Å²) >= 11 is 0. The Morgan fingerprint density at radius 3 is 1.21 bits per heavy atom. The summed E-state index contributed by atoms with van der Waals surface area (Å²) < 4.78 is 8.96. The zero-order valence-electron chi connectivity index (χ0n) is 7.79. The zero-order chi connectivity index (χ0) is 9.72. The van der Waals surface area contributed by atoms with E-state index in [9.17, 15) is 9.59 Å². The monoisotopic (exact) mass is 206 g/mol. The van der Waals surface area contributed by atoms with Crippen LogP contribution < -0.4 is 0 Å². The second kappa shape index (κ2) is 8.53. The van der Waals surface area contributed by atoms with E-state index in [1.165, 1.54) is 14.2 Å². The Balaban J connectivity index is -0.000000605. The second-order valence-corrected chi connectivity index (χ2v) is 2.62. The maximum Gasteiger partial charge on any atom is 0.309 e. The fraction of sp³-hybridized carbons (Fsp3) is 0.800. The minimum Gasteiger partial charge on any atom is -0.469 e. The fourth-order valence-corrected chi connectivity index (χ4v) is 0.780. The van der Waals surface area contributed by atoms with Crippen LogP contribution >= 0.6 is 0 Å².